The molecule has 0 bridgehead atoms. The molecule has 0 aromatic carbocycles. The number of aromatic carboxylic acids is 1. The fraction of sp³-hybridized carbons (Fsp3) is 0.400. The Bertz CT molecular complexity index is 400. The fourth-order valence-corrected chi connectivity index (χ4v) is 1.62. The average molecular weight is 227 g/mol. The van der Waals surface area contributed by atoms with E-state index in [2.05, 4.69) is 0 Å². The van der Waals surface area contributed by atoms with E-state index < -0.39 is 5.97 Å². The molecule has 4 nitrogen and oxygen atoms in total. The minimum atomic E-state index is -1.07. The van der Waals surface area contributed by atoms with Crippen molar-refractivity contribution in [1.29, 1.82) is 0 Å². The van der Waals surface area contributed by atoms with Crippen molar-refractivity contribution in [3.05, 3.63) is 34.2 Å². The van der Waals surface area contributed by atoms with Crippen LogP contribution < -0.4 is 5.56 Å². The zero-order valence-corrected chi connectivity index (χ0v) is 9.29. The predicted molar refractivity (Wildman–Crippen MR) is 60.7 cm³/mol. The van der Waals surface area contributed by atoms with Crippen LogP contribution in [0.1, 0.15) is 16.8 Å². The molecule has 0 aliphatic heterocycles. The van der Waals surface area contributed by atoms with Crippen LogP contribution in [-0.2, 0) is 6.54 Å². The molecule has 0 amide bonds. The maximum absolute atomic E-state index is 11.4. The van der Waals surface area contributed by atoms with Crippen molar-refractivity contribution in [3.8, 4) is 0 Å². The van der Waals surface area contributed by atoms with Crippen molar-refractivity contribution in [1.82, 2.24) is 4.57 Å². The van der Waals surface area contributed by atoms with Crippen LogP contribution >= 0.6 is 11.8 Å². The molecule has 1 N–H and O–H groups in total. The van der Waals surface area contributed by atoms with Crippen LogP contribution in [0.3, 0.4) is 0 Å². The van der Waals surface area contributed by atoms with E-state index in [0.717, 1.165) is 18.2 Å². The summed E-state index contributed by atoms with van der Waals surface area (Å²) in [6, 6.07) is 2.60. The first-order valence-electron chi connectivity index (χ1n) is 4.58. The number of nitrogens with zero attached hydrogens (tertiary/aromatic N) is 1. The molecule has 0 atom stereocenters. The first-order chi connectivity index (χ1) is 7.15. The third-order valence-electron chi connectivity index (χ3n) is 1.99. The van der Waals surface area contributed by atoms with Crippen molar-refractivity contribution >= 4 is 17.7 Å². The second kappa shape index (κ2) is 5.60. The summed E-state index contributed by atoms with van der Waals surface area (Å²) in [5.41, 5.74) is -0.211. The van der Waals surface area contributed by atoms with Crippen LogP contribution in [0.15, 0.2) is 23.1 Å². The number of aryl methyl sites for hydroxylation is 1. The van der Waals surface area contributed by atoms with E-state index in [9.17, 15) is 9.59 Å². The van der Waals surface area contributed by atoms with Gasteiger partial charge < -0.3 is 9.67 Å². The molecule has 0 radical (unpaired) electrons. The van der Waals surface area contributed by atoms with Crippen molar-refractivity contribution < 1.29 is 9.90 Å². The first kappa shape index (κ1) is 11.8. The number of carboxylic acids is 1. The van der Waals surface area contributed by atoms with Crippen LogP contribution in [0.5, 0.6) is 0 Å². The van der Waals surface area contributed by atoms with Crippen LogP contribution in [0.4, 0.5) is 0 Å². The monoisotopic (exact) mass is 227 g/mol. The third-order valence-corrected chi connectivity index (χ3v) is 2.69. The average Bonchev–Trinajstić information content (AvgIpc) is 2.20. The molecule has 1 aromatic rings. The first-order valence-corrected chi connectivity index (χ1v) is 5.97. The summed E-state index contributed by atoms with van der Waals surface area (Å²) >= 11 is 1.73. The van der Waals surface area contributed by atoms with E-state index in [1.54, 1.807) is 11.8 Å². The lowest BCUT2D eigenvalue weighted by Gasteiger charge is -2.04. The number of aromatic nitrogens is 1. The zero-order valence-electron chi connectivity index (χ0n) is 8.47. The molecular formula is C10H13NO3S. The Morgan fingerprint density at radius 1 is 1.60 bits per heavy atom. The van der Waals surface area contributed by atoms with Gasteiger partial charge in [0.05, 0.1) is 5.56 Å². The highest BCUT2D eigenvalue weighted by atomic mass is 32.2. The second-order valence-corrected chi connectivity index (χ2v) is 4.08. The van der Waals surface area contributed by atoms with Crippen LogP contribution in [0.2, 0.25) is 0 Å². The lowest BCUT2D eigenvalue weighted by Crippen LogP contribution is -2.20. The molecule has 0 saturated heterocycles. The van der Waals surface area contributed by atoms with Gasteiger partial charge in [0, 0.05) is 18.8 Å². The maximum Gasteiger partial charge on any atom is 0.335 e. The molecule has 5 heteroatoms. The van der Waals surface area contributed by atoms with Crippen LogP contribution in [0.25, 0.3) is 0 Å². The lowest BCUT2D eigenvalue weighted by molar-refractivity contribution is 0.0696. The van der Waals surface area contributed by atoms with Gasteiger partial charge in [-0.15, -0.1) is 0 Å². The summed E-state index contributed by atoms with van der Waals surface area (Å²) in [6.07, 6.45) is 4.45. The van der Waals surface area contributed by atoms with Crippen LogP contribution in [0, 0.1) is 0 Å². The Kier molecular flexibility index (Phi) is 4.42. The zero-order chi connectivity index (χ0) is 11.3. The summed E-state index contributed by atoms with van der Waals surface area (Å²) in [6.45, 7) is 0.638. The summed E-state index contributed by atoms with van der Waals surface area (Å²) in [4.78, 5) is 22.0. The van der Waals surface area contributed by atoms with Gasteiger partial charge >= 0.3 is 5.97 Å². The van der Waals surface area contributed by atoms with Crippen LogP contribution in [-0.4, -0.2) is 27.7 Å². The van der Waals surface area contributed by atoms with Gasteiger partial charge in [-0.2, -0.15) is 11.8 Å². The minimum Gasteiger partial charge on any atom is -0.478 e. The molecular weight excluding hydrogens is 214 g/mol. The lowest BCUT2D eigenvalue weighted by atomic mass is 10.2. The number of hydrogen-bond acceptors (Lipinski definition) is 3. The fourth-order valence-electron chi connectivity index (χ4n) is 1.20. The number of carboxylic acid groups (broad SMARTS) is 1. The molecule has 1 rings (SSSR count). The Morgan fingerprint density at radius 3 is 2.87 bits per heavy atom. The predicted octanol–water partition coefficient (Wildman–Crippen LogP) is 1.30. The van der Waals surface area contributed by atoms with Crippen molar-refractivity contribution in [2.75, 3.05) is 12.0 Å². The Hall–Kier alpha value is -1.23. The minimum absolute atomic E-state index is 0.0427. The molecule has 82 valence electrons. The van der Waals surface area contributed by atoms with E-state index in [4.69, 9.17) is 5.11 Å². The molecule has 0 unspecified atom stereocenters. The van der Waals surface area contributed by atoms with Gasteiger partial charge in [-0.25, -0.2) is 4.79 Å². The van der Waals surface area contributed by atoms with Gasteiger partial charge in [0.2, 0.25) is 0 Å². The molecule has 0 saturated carbocycles. The summed E-state index contributed by atoms with van der Waals surface area (Å²) in [5, 5.41) is 8.66. The van der Waals surface area contributed by atoms with Crippen molar-refractivity contribution in [3.63, 3.8) is 0 Å². The number of rotatable bonds is 5. The SMILES string of the molecule is CSCCCn1ccc(C(=O)O)cc1=O. The van der Waals surface area contributed by atoms with Crippen molar-refractivity contribution in [2.45, 2.75) is 13.0 Å². The van der Waals surface area contributed by atoms with Gasteiger partial charge in [-0.3, -0.25) is 4.79 Å². The highest BCUT2D eigenvalue weighted by Gasteiger charge is 2.04. The van der Waals surface area contributed by atoms with E-state index in [1.807, 2.05) is 6.26 Å². The Morgan fingerprint density at radius 2 is 2.33 bits per heavy atom. The number of carbonyl (C=O) groups is 1. The Balaban J connectivity index is 2.75. The van der Waals surface area contributed by atoms with Gasteiger partial charge in [-0.05, 0) is 24.5 Å². The standard InChI is InChI=1S/C10H13NO3S/c1-15-6-2-4-11-5-3-8(10(13)14)7-9(11)12/h3,5,7H,2,4,6H2,1H3,(H,13,14). The van der Waals surface area contributed by atoms with E-state index in [0.29, 0.717) is 6.54 Å². The molecule has 0 aliphatic carbocycles. The molecule has 0 fully saturated rings. The molecule has 0 aliphatic rings. The molecule has 15 heavy (non-hydrogen) atoms. The van der Waals surface area contributed by atoms with Gasteiger partial charge in [0.15, 0.2) is 0 Å². The maximum atomic E-state index is 11.4. The van der Waals surface area contributed by atoms with Crippen molar-refractivity contribution in [2.24, 2.45) is 0 Å². The van der Waals surface area contributed by atoms with Gasteiger partial charge in [0.1, 0.15) is 0 Å². The third kappa shape index (κ3) is 3.43. The summed E-state index contributed by atoms with van der Waals surface area (Å²) < 4.78 is 1.53. The Labute approximate surface area is 91.9 Å². The van der Waals surface area contributed by atoms with E-state index in [1.165, 1.54) is 16.8 Å². The smallest absolute Gasteiger partial charge is 0.335 e. The topological polar surface area (TPSA) is 59.3 Å². The van der Waals surface area contributed by atoms with Gasteiger partial charge in [-0.1, -0.05) is 0 Å². The molecule has 0 spiro atoms. The highest BCUT2D eigenvalue weighted by Crippen LogP contribution is 1.99. The molecule has 1 aromatic heterocycles. The molecule has 1 heterocycles. The number of hydrogen-bond donors (Lipinski definition) is 1. The summed E-state index contributed by atoms with van der Waals surface area (Å²) in [7, 11) is 0. The number of thioether (sulfide) groups is 1. The second-order valence-electron chi connectivity index (χ2n) is 3.10. The van der Waals surface area contributed by atoms with Gasteiger partial charge in [0.25, 0.3) is 5.56 Å². The number of pyridine rings is 1. The highest BCUT2D eigenvalue weighted by molar-refractivity contribution is 7.98. The largest absolute Gasteiger partial charge is 0.478 e. The summed E-state index contributed by atoms with van der Waals surface area (Å²) in [5.74, 6) is -0.0732. The van der Waals surface area contributed by atoms with E-state index >= 15 is 0 Å². The quantitative estimate of drug-likeness (QED) is 0.770. The van der Waals surface area contributed by atoms with E-state index in [-0.39, 0.29) is 11.1 Å². The normalized spacial score (nSPS) is 10.2.